The van der Waals surface area contributed by atoms with Gasteiger partial charge in [0.2, 0.25) is 10.0 Å². The van der Waals surface area contributed by atoms with Gasteiger partial charge in [-0.1, -0.05) is 18.2 Å². The largest absolute Gasteiger partial charge is 0.480 e. The number of nitrogens with one attached hydrogen (secondary N) is 1. The van der Waals surface area contributed by atoms with Gasteiger partial charge < -0.3 is 5.11 Å². The monoisotopic (exact) mass is 391 g/mol. The van der Waals surface area contributed by atoms with E-state index in [0.29, 0.717) is 5.56 Å². The summed E-state index contributed by atoms with van der Waals surface area (Å²) in [5.74, 6) is -1.54. The Balaban J connectivity index is 2.08. The van der Waals surface area contributed by atoms with Crippen LogP contribution in [0.25, 0.3) is 6.08 Å². The Hall–Kier alpha value is -2.42. The van der Waals surface area contributed by atoms with Gasteiger partial charge in [0.1, 0.15) is 6.54 Å². The van der Waals surface area contributed by atoms with Crippen LogP contribution in [-0.2, 0) is 14.8 Å². The van der Waals surface area contributed by atoms with Gasteiger partial charge in [-0.15, -0.1) is 11.8 Å². The van der Waals surface area contributed by atoms with Crippen LogP contribution in [0.4, 0.5) is 0 Å². The van der Waals surface area contributed by atoms with Crippen LogP contribution in [0.15, 0.2) is 64.4 Å². The lowest BCUT2D eigenvalue weighted by molar-refractivity contribution is -0.135. The Kier molecular flexibility index (Phi) is 6.73. The molecule has 0 aliphatic rings. The smallest absolute Gasteiger partial charge is 0.318 e. The van der Waals surface area contributed by atoms with Gasteiger partial charge in [-0.3, -0.25) is 9.59 Å². The van der Waals surface area contributed by atoms with Crippen molar-refractivity contribution in [3.8, 4) is 0 Å². The highest BCUT2D eigenvalue weighted by molar-refractivity contribution is 7.98. The average molecular weight is 391 g/mol. The van der Waals surface area contributed by atoms with E-state index in [1.54, 1.807) is 17.8 Å². The molecule has 2 aromatic rings. The highest BCUT2D eigenvalue weighted by Gasteiger charge is 2.15. The summed E-state index contributed by atoms with van der Waals surface area (Å²) >= 11 is 1.63. The van der Waals surface area contributed by atoms with Crippen LogP contribution in [0, 0.1) is 0 Å². The van der Waals surface area contributed by atoms with Crippen LogP contribution >= 0.6 is 11.8 Å². The third-order valence-corrected chi connectivity index (χ3v) is 5.57. The van der Waals surface area contributed by atoms with Crippen LogP contribution in [0.2, 0.25) is 0 Å². The molecule has 0 unspecified atom stereocenters. The Bertz CT molecular complexity index is 917. The normalized spacial score (nSPS) is 11.6. The molecule has 0 aliphatic heterocycles. The standard InChI is InChI=1S/C18H17NO5S2/c1-25-15-7-2-13(3-8-15)4-11-17(20)14-5-9-16(10-6-14)26(23,24)19-12-18(21)22/h2-11,19H,12H2,1H3,(H,21,22)/b11-4+. The van der Waals surface area contributed by atoms with Crippen molar-refractivity contribution in [1.82, 2.24) is 4.72 Å². The highest BCUT2D eigenvalue weighted by atomic mass is 32.2. The lowest BCUT2D eigenvalue weighted by Crippen LogP contribution is -2.29. The Labute approximate surface area is 156 Å². The zero-order valence-corrected chi connectivity index (χ0v) is 15.5. The fourth-order valence-electron chi connectivity index (χ4n) is 2.02. The molecule has 0 bridgehead atoms. The molecule has 8 heteroatoms. The van der Waals surface area contributed by atoms with Crippen molar-refractivity contribution >= 4 is 39.6 Å². The molecule has 6 nitrogen and oxygen atoms in total. The number of rotatable bonds is 8. The molecule has 0 saturated heterocycles. The number of thioether (sulfide) groups is 1. The average Bonchev–Trinajstić information content (AvgIpc) is 2.65. The van der Waals surface area contributed by atoms with Crippen LogP contribution in [0.5, 0.6) is 0 Å². The van der Waals surface area contributed by atoms with Crippen LogP contribution in [-0.4, -0.2) is 38.1 Å². The Morgan fingerprint density at radius 3 is 2.23 bits per heavy atom. The molecule has 0 fully saturated rings. The van der Waals surface area contributed by atoms with E-state index in [-0.39, 0.29) is 10.7 Å². The number of ketones is 1. The summed E-state index contributed by atoms with van der Waals surface area (Å²) in [4.78, 5) is 23.7. The van der Waals surface area contributed by atoms with Gasteiger partial charge in [-0.25, -0.2) is 8.42 Å². The third kappa shape index (κ3) is 5.55. The number of carboxylic acids is 1. The maximum Gasteiger partial charge on any atom is 0.318 e. The van der Waals surface area contributed by atoms with Gasteiger partial charge in [0.05, 0.1) is 4.90 Å². The number of sulfonamides is 1. The zero-order chi connectivity index (χ0) is 19.2. The highest BCUT2D eigenvalue weighted by Crippen LogP contribution is 2.16. The minimum atomic E-state index is -3.92. The first-order valence-electron chi connectivity index (χ1n) is 7.50. The number of allylic oxidation sites excluding steroid dienone is 1. The molecular weight excluding hydrogens is 374 g/mol. The summed E-state index contributed by atoms with van der Waals surface area (Å²) < 4.78 is 25.8. The fourth-order valence-corrected chi connectivity index (χ4v) is 3.40. The van der Waals surface area contributed by atoms with Crippen molar-refractivity contribution in [1.29, 1.82) is 0 Å². The Morgan fingerprint density at radius 2 is 1.69 bits per heavy atom. The third-order valence-electron chi connectivity index (χ3n) is 3.41. The summed E-state index contributed by atoms with van der Waals surface area (Å²) in [5.41, 5.74) is 1.22. The van der Waals surface area contributed by atoms with Gasteiger partial charge in [0, 0.05) is 10.5 Å². The zero-order valence-electron chi connectivity index (χ0n) is 13.9. The van der Waals surface area contributed by atoms with E-state index in [9.17, 15) is 18.0 Å². The second-order valence-corrected chi connectivity index (χ2v) is 7.86. The molecule has 136 valence electrons. The molecule has 0 aliphatic carbocycles. The molecule has 0 heterocycles. The number of hydrogen-bond acceptors (Lipinski definition) is 5. The van der Waals surface area contributed by atoms with E-state index in [1.807, 2.05) is 35.2 Å². The number of benzene rings is 2. The number of aliphatic carboxylic acids is 1. The lowest BCUT2D eigenvalue weighted by Gasteiger charge is -2.05. The number of hydrogen-bond donors (Lipinski definition) is 2. The van der Waals surface area contributed by atoms with Crippen molar-refractivity contribution < 1.29 is 23.1 Å². The summed E-state index contributed by atoms with van der Waals surface area (Å²) in [6.07, 6.45) is 5.08. The van der Waals surface area contributed by atoms with Gasteiger partial charge in [0.25, 0.3) is 0 Å². The molecule has 0 amide bonds. The van der Waals surface area contributed by atoms with Crippen LogP contribution < -0.4 is 4.72 Å². The first-order chi connectivity index (χ1) is 12.3. The summed E-state index contributed by atoms with van der Waals surface area (Å²) in [6.45, 7) is -0.707. The predicted octanol–water partition coefficient (Wildman–Crippen LogP) is 2.67. The molecule has 0 saturated carbocycles. The quantitative estimate of drug-likeness (QED) is 0.408. The second-order valence-electron chi connectivity index (χ2n) is 5.21. The van der Waals surface area contributed by atoms with E-state index < -0.39 is 22.5 Å². The molecule has 0 spiro atoms. The molecule has 0 atom stereocenters. The van der Waals surface area contributed by atoms with Crippen molar-refractivity contribution in [2.45, 2.75) is 9.79 Å². The summed E-state index contributed by atoms with van der Waals surface area (Å²) in [5, 5.41) is 8.54. The Morgan fingerprint density at radius 1 is 1.08 bits per heavy atom. The van der Waals surface area contributed by atoms with E-state index >= 15 is 0 Å². The second kappa shape index (κ2) is 8.79. The van der Waals surface area contributed by atoms with E-state index in [1.165, 1.54) is 30.3 Å². The number of carbonyl (C=O) groups excluding carboxylic acids is 1. The van der Waals surface area contributed by atoms with Crippen molar-refractivity contribution in [3.63, 3.8) is 0 Å². The van der Waals surface area contributed by atoms with Crippen LogP contribution in [0.1, 0.15) is 15.9 Å². The lowest BCUT2D eigenvalue weighted by atomic mass is 10.1. The van der Waals surface area contributed by atoms with E-state index in [2.05, 4.69) is 0 Å². The topological polar surface area (TPSA) is 101 Å². The van der Waals surface area contributed by atoms with E-state index in [0.717, 1.165) is 10.5 Å². The molecule has 2 aromatic carbocycles. The maximum atomic E-state index is 12.2. The van der Waals surface area contributed by atoms with Gasteiger partial charge in [0.15, 0.2) is 5.78 Å². The molecule has 2 N–H and O–H groups in total. The summed E-state index contributed by atoms with van der Waals surface area (Å²) in [7, 11) is -3.92. The molecule has 26 heavy (non-hydrogen) atoms. The fraction of sp³-hybridized carbons (Fsp3) is 0.111. The minimum Gasteiger partial charge on any atom is -0.480 e. The minimum absolute atomic E-state index is 0.105. The number of carbonyl (C=O) groups is 2. The first-order valence-corrected chi connectivity index (χ1v) is 10.2. The van der Waals surface area contributed by atoms with Crippen LogP contribution in [0.3, 0.4) is 0 Å². The van der Waals surface area contributed by atoms with Crippen molar-refractivity contribution in [2.24, 2.45) is 0 Å². The van der Waals surface area contributed by atoms with E-state index in [4.69, 9.17) is 5.11 Å². The molecule has 0 radical (unpaired) electrons. The van der Waals surface area contributed by atoms with Gasteiger partial charge in [-0.2, -0.15) is 4.72 Å². The maximum absolute atomic E-state index is 12.2. The molecular formula is C18H17NO5S2. The van der Waals surface area contributed by atoms with Crippen molar-refractivity contribution in [2.75, 3.05) is 12.8 Å². The number of carboxylic acid groups (broad SMARTS) is 1. The van der Waals surface area contributed by atoms with Gasteiger partial charge >= 0.3 is 5.97 Å². The van der Waals surface area contributed by atoms with Gasteiger partial charge in [-0.05, 0) is 54.3 Å². The van der Waals surface area contributed by atoms with Crippen molar-refractivity contribution in [3.05, 3.63) is 65.7 Å². The molecule has 2 rings (SSSR count). The predicted molar refractivity (Wildman–Crippen MR) is 101 cm³/mol. The molecule has 0 aromatic heterocycles. The SMILES string of the molecule is CSc1ccc(/C=C/C(=O)c2ccc(S(=O)(=O)NCC(=O)O)cc2)cc1. The summed E-state index contributed by atoms with van der Waals surface area (Å²) in [6, 6.07) is 13.0. The first kappa shape index (κ1) is 19.9.